The average Bonchev–Trinajstić information content (AvgIpc) is 3.55. The minimum atomic E-state index is -0.211. The van der Waals surface area contributed by atoms with Crippen LogP contribution in [0.2, 0.25) is 0 Å². The van der Waals surface area contributed by atoms with Crippen molar-refractivity contribution >= 4 is 23.5 Å². The van der Waals surface area contributed by atoms with Crippen LogP contribution in [0.1, 0.15) is 36.2 Å². The molecule has 0 aliphatic heterocycles. The van der Waals surface area contributed by atoms with Gasteiger partial charge in [-0.1, -0.05) is 55.9 Å². The molecule has 180 valence electrons. The van der Waals surface area contributed by atoms with Crippen LogP contribution >= 0.6 is 11.8 Å². The molecule has 9 heteroatoms. The maximum atomic E-state index is 13.0. The van der Waals surface area contributed by atoms with Crippen LogP contribution in [0.15, 0.2) is 58.3 Å². The third-order valence-electron chi connectivity index (χ3n) is 5.72. The lowest BCUT2D eigenvalue weighted by Gasteiger charge is -2.14. The normalized spacial score (nSPS) is 11.1. The molecule has 0 bridgehead atoms. The van der Waals surface area contributed by atoms with Crippen LogP contribution in [-0.2, 0) is 17.9 Å². The summed E-state index contributed by atoms with van der Waals surface area (Å²) in [7, 11) is 0. The predicted octanol–water partition coefficient (Wildman–Crippen LogP) is 5.26. The van der Waals surface area contributed by atoms with Gasteiger partial charge < -0.3 is 14.3 Å². The van der Waals surface area contributed by atoms with Gasteiger partial charge in [0.2, 0.25) is 5.91 Å². The Balaban J connectivity index is 1.54. The fourth-order valence-electron chi connectivity index (χ4n) is 3.91. The Morgan fingerprint density at radius 2 is 1.91 bits per heavy atom. The Hall–Kier alpha value is -3.77. The molecule has 0 unspecified atom stereocenters. The highest BCUT2D eigenvalue weighted by Crippen LogP contribution is 2.29. The molecule has 0 saturated carbocycles. The number of rotatable bonds is 9. The summed E-state index contributed by atoms with van der Waals surface area (Å²) in [6.45, 7) is 9.36. The monoisotopic (exact) mass is 488 g/mol. The highest BCUT2D eigenvalue weighted by Gasteiger charge is 2.22. The standard InChI is InChI=1S/C26H28N6O2S/c1-17(2)14-32-25(22-11-8-12-34-22)29-30-26(32)35-16-23(33)28-24-21(13-27)18(3)19(4)31(24)15-20-9-6-5-7-10-20/h5-12,17H,14-16H2,1-4H3,(H,28,33). The first-order chi connectivity index (χ1) is 16.9. The summed E-state index contributed by atoms with van der Waals surface area (Å²) in [6, 6.07) is 15.9. The van der Waals surface area contributed by atoms with E-state index >= 15 is 0 Å². The Labute approximate surface area is 209 Å². The second kappa shape index (κ2) is 10.7. The summed E-state index contributed by atoms with van der Waals surface area (Å²) < 4.78 is 9.48. The van der Waals surface area contributed by atoms with Gasteiger partial charge in [0.15, 0.2) is 16.7 Å². The predicted molar refractivity (Wildman–Crippen MR) is 136 cm³/mol. The minimum Gasteiger partial charge on any atom is -0.461 e. The lowest BCUT2D eigenvalue weighted by molar-refractivity contribution is -0.113. The van der Waals surface area contributed by atoms with Crippen molar-refractivity contribution in [2.24, 2.45) is 5.92 Å². The second-order valence-corrected chi connectivity index (χ2v) is 9.68. The van der Waals surface area contributed by atoms with E-state index in [4.69, 9.17) is 4.42 Å². The van der Waals surface area contributed by atoms with Crippen molar-refractivity contribution < 1.29 is 9.21 Å². The highest BCUT2D eigenvalue weighted by atomic mass is 32.2. The van der Waals surface area contributed by atoms with Gasteiger partial charge in [-0.2, -0.15) is 5.26 Å². The summed E-state index contributed by atoms with van der Waals surface area (Å²) in [5.74, 6) is 2.08. The summed E-state index contributed by atoms with van der Waals surface area (Å²) in [6.07, 6.45) is 1.60. The van der Waals surface area contributed by atoms with Crippen LogP contribution < -0.4 is 5.32 Å². The Morgan fingerprint density at radius 3 is 2.57 bits per heavy atom. The number of hydrogen-bond donors (Lipinski definition) is 1. The summed E-state index contributed by atoms with van der Waals surface area (Å²) >= 11 is 1.31. The number of amides is 1. The molecule has 4 rings (SSSR count). The van der Waals surface area contributed by atoms with Crippen molar-refractivity contribution in [3.63, 3.8) is 0 Å². The van der Waals surface area contributed by atoms with E-state index in [9.17, 15) is 10.1 Å². The number of carbonyl (C=O) groups is 1. The van der Waals surface area contributed by atoms with E-state index in [0.717, 1.165) is 16.8 Å². The van der Waals surface area contributed by atoms with Crippen LogP contribution in [0.25, 0.3) is 11.6 Å². The number of furan rings is 1. The minimum absolute atomic E-state index is 0.133. The molecule has 1 aromatic carbocycles. The van der Waals surface area contributed by atoms with E-state index in [1.165, 1.54) is 11.8 Å². The molecule has 0 saturated heterocycles. The number of hydrogen-bond acceptors (Lipinski definition) is 6. The van der Waals surface area contributed by atoms with Crippen LogP contribution in [-0.4, -0.2) is 31.0 Å². The van der Waals surface area contributed by atoms with Gasteiger partial charge in [-0.25, -0.2) is 0 Å². The number of benzene rings is 1. The average molecular weight is 489 g/mol. The van der Waals surface area contributed by atoms with E-state index < -0.39 is 0 Å². The van der Waals surface area contributed by atoms with E-state index in [1.807, 2.05) is 65.4 Å². The third kappa shape index (κ3) is 5.33. The molecular weight excluding hydrogens is 460 g/mol. The molecule has 35 heavy (non-hydrogen) atoms. The zero-order chi connectivity index (χ0) is 24.9. The molecule has 3 aromatic heterocycles. The van der Waals surface area contributed by atoms with Gasteiger partial charge in [-0.15, -0.1) is 10.2 Å². The molecule has 8 nitrogen and oxygen atoms in total. The van der Waals surface area contributed by atoms with Crippen LogP contribution in [0.5, 0.6) is 0 Å². The molecule has 1 N–H and O–H groups in total. The molecular formula is C26H28N6O2S. The van der Waals surface area contributed by atoms with Gasteiger partial charge in [0.25, 0.3) is 0 Å². The van der Waals surface area contributed by atoms with Crippen molar-refractivity contribution in [3.05, 3.63) is 71.1 Å². The van der Waals surface area contributed by atoms with Gasteiger partial charge in [0.05, 0.1) is 17.6 Å². The van der Waals surface area contributed by atoms with Crippen LogP contribution in [0, 0.1) is 31.1 Å². The fraction of sp³-hybridized carbons (Fsp3) is 0.308. The first-order valence-corrected chi connectivity index (χ1v) is 12.4. The SMILES string of the molecule is Cc1c(C#N)c(NC(=O)CSc2nnc(-c3ccco3)n2CC(C)C)n(Cc2ccccc2)c1C. The lowest BCUT2D eigenvalue weighted by Crippen LogP contribution is -2.19. The fourth-order valence-corrected chi connectivity index (χ4v) is 4.65. The molecule has 1 amide bonds. The van der Waals surface area contributed by atoms with E-state index in [-0.39, 0.29) is 11.7 Å². The van der Waals surface area contributed by atoms with Crippen molar-refractivity contribution in [1.29, 1.82) is 5.26 Å². The number of nitrogens with one attached hydrogen (secondary N) is 1. The quantitative estimate of drug-likeness (QED) is 0.322. The van der Waals surface area contributed by atoms with Gasteiger partial charge in [-0.3, -0.25) is 9.36 Å². The Morgan fingerprint density at radius 1 is 1.14 bits per heavy atom. The zero-order valence-electron chi connectivity index (χ0n) is 20.3. The molecule has 0 aliphatic carbocycles. The van der Waals surface area contributed by atoms with Gasteiger partial charge >= 0.3 is 0 Å². The van der Waals surface area contributed by atoms with Crippen molar-refractivity contribution in [1.82, 2.24) is 19.3 Å². The van der Waals surface area contributed by atoms with Crippen molar-refractivity contribution in [2.45, 2.75) is 45.9 Å². The molecule has 0 aliphatic rings. The van der Waals surface area contributed by atoms with Gasteiger partial charge in [0, 0.05) is 18.8 Å². The maximum absolute atomic E-state index is 13.0. The molecule has 0 fully saturated rings. The van der Waals surface area contributed by atoms with Crippen molar-refractivity contribution in [3.8, 4) is 17.7 Å². The largest absolute Gasteiger partial charge is 0.461 e. The topological polar surface area (TPSA) is 102 Å². The molecule has 0 spiro atoms. The smallest absolute Gasteiger partial charge is 0.235 e. The van der Waals surface area contributed by atoms with E-state index in [0.29, 0.717) is 47.1 Å². The third-order valence-corrected chi connectivity index (χ3v) is 6.69. The second-order valence-electron chi connectivity index (χ2n) is 8.74. The van der Waals surface area contributed by atoms with Crippen LogP contribution in [0.4, 0.5) is 5.82 Å². The number of nitrogens with zero attached hydrogens (tertiary/aromatic N) is 5. The number of thioether (sulfide) groups is 1. The first-order valence-electron chi connectivity index (χ1n) is 11.4. The summed E-state index contributed by atoms with van der Waals surface area (Å²) in [4.78, 5) is 13.0. The maximum Gasteiger partial charge on any atom is 0.235 e. The number of nitriles is 1. The number of carbonyl (C=O) groups excluding carboxylic acids is 1. The van der Waals surface area contributed by atoms with Crippen molar-refractivity contribution in [2.75, 3.05) is 11.1 Å². The lowest BCUT2D eigenvalue weighted by atomic mass is 10.2. The number of anilines is 1. The summed E-state index contributed by atoms with van der Waals surface area (Å²) in [5.41, 5.74) is 3.39. The summed E-state index contributed by atoms with van der Waals surface area (Å²) in [5, 5.41) is 22.0. The highest BCUT2D eigenvalue weighted by molar-refractivity contribution is 7.99. The van der Waals surface area contributed by atoms with E-state index in [1.54, 1.807) is 6.26 Å². The number of aromatic nitrogens is 4. The van der Waals surface area contributed by atoms with Crippen LogP contribution in [0.3, 0.4) is 0 Å². The molecule has 0 radical (unpaired) electrons. The Bertz CT molecular complexity index is 1350. The molecule has 4 aromatic rings. The van der Waals surface area contributed by atoms with E-state index in [2.05, 4.69) is 35.4 Å². The van der Waals surface area contributed by atoms with Gasteiger partial charge in [0.1, 0.15) is 11.9 Å². The van der Waals surface area contributed by atoms with Gasteiger partial charge in [-0.05, 0) is 43.0 Å². The molecule has 3 heterocycles. The zero-order valence-corrected chi connectivity index (χ0v) is 21.1. The molecule has 0 atom stereocenters. The first kappa shape index (κ1) is 24.4. The Kier molecular flexibility index (Phi) is 7.42.